The van der Waals surface area contributed by atoms with E-state index in [2.05, 4.69) is 46.7 Å². The van der Waals surface area contributed by atoms with Gasteiger partial charge in [-0.1, -0.05) is 60.7 Å². The van der Waals surface area contributed by atoms with E-state index in [4.69, 9.17) is 0 Å². The molecule has 2 aromatic carbocycles. The number of aromatic nitrogens is 1. The smallest absolute Gasteiger partial charge is 0.267 e. The third kappa shape index (κ3) is 3.52. The lowest BCUT2D eigenvalue weighted by atomic mass is 10.0. The monoisotopic (exact) mass is 362 g/mol. The van der Waals surface area contributed by atoms with Gasteiger partial charge < -0.3 is 0 Å². The van der Waals surface area contributed by atoms with Crippen LogP contribution in [-0.2, 0) is 0 Å². The number of thiazole rings is 1. The lowest BCUT2D eigenvalue weighted by Gasteiger charge is -2.03. The van der Waals surface area contributed by atoms with Crippen LogP contribution in [0.4, 0.5) is 5.13 Å². The molecular weight excluding hydrogens is 348 g/mol. The Morgan fingerprint density at radius 3 is 2.24 bits per heavy atom. The van der Waals surface area contributed by atoms with Gasteiger partial charge in [-0.15, -0.1) is 22.7 Å². The SMILES string of the molecule is O=C(Nc1nc(-c2ccc(-c3ccccc3)cc2)cs1)c1cccs1. The summed E-state index contributed by atoms with van der Waals surface area (Å²) in [5.74, 6) is -0.115. The molecule has 1 N–H and O–H groups in total. The maximum atomic E-state index is 12.1. The Morgan fingerprint density at radius 1 is 0.800 bits per heavy atom. The van der Waals surface area contributed by atoms with Gasteiger partial charge in [0.1, 0.15) is 0 Å². The molecule has 2 heterocycles. The summed E-state index contributed by atoms with van der Waals surface area (Å²) < 4.78 is 0. The second-order valence-corrected chi connectivity index (χ2v) is 7.22. The summed E-state index contributed by atoms with van der Waals surface area (Å²) >= 11 is 2.85. The van der Waals surface area contributed by atoms with Crippen LogP contribution in [0.15, 0.2) is 77.5 Å². The van der Waals surface area contributed by atoms with Crippen molar-refractivity contribution in [1.82, 2.24) is 4.98 Å². The van der Waals surface area contributed by atoms with E-state index in [0.29, 0.717) is 10.0 Å². The number of rotatable bonds is 4. The van der Waals surface area contributed by atoms with E-state index < -0.39 is 0 Å². The fourth-order valence-corrected chi connectivity index (χ4v) is 3.83. The van der Waals surface area contributed by atoms with Crippen LogP contribution in [0.2, 0.25) is 0 Å². The Morgan fingerprint density at radius 2 is 1.52 bits per heavy atom. The summed E-state index contributed by atoms with van der Waals surface area (Å²) in [6, 6.07) is 22.2. The van der Waals surface area contributed by atoms with Crippen LogP contribution in [0.25, 0.3) is 22.4 Å². The van der Waals surface area contributed by atoms with Crippen molar-refractivity contribution in [2.24, 2.45) is 0 Å². The van der Waals surface area contributed by atoms with E-state index in [1.165, 1.54) is 33.8 Å². The first-order chi connectivity index (χ1) is 12.3. The van der Waals surface area contributed by atoms with E-state index in [1.54, 1.807) is 6.07 Å². The molecular formula is C20H14N2OS2. The normalized spacial score (nSPS) is 10.6. The van der Waals surface area contributed by atoms with Gasteiger partial charge in [-0.05, 0) is 22.6 Å². The van der Waals surface area contributed by atoms with Crippen molar-refractivity contribution in [1.29, 1.82) is 0 Å². The maximum absolute atomic E-state index is 12.1. The molecule has 0 aliphatic carbocycles. The lowest BCUT2D eigenvalue weighted by Crippen LogP contribution is -2.09. The topological polar surface area (TPSA) is 42.0 Å². The predicted octanol–water partition coefficient (Wildman–Crippen LogP) is 5.79. The standard InChI is InChI=1S/C20H14N2OS2/c23-19(18-7-4-12-24-18)22-20-21-17(13-25-20)16-10-8-15(9-11-16)14-5-2-1-3-6-14/h1-13H,(H,21,22,23). The molecule has 5 heteroatoms. The predicted molar refractivity (Wildman–Crippen MR) is 105 cm³/mol. The number of carbonyl (C=O) groups excluding carboxylic acids is 1. The molecule has 0 radical (unpaired) electrons. The number of thiophene rings is 1. The molecule has 0 bridgehead atoms. The highest BCUT2D eigenvalue weighted by atomic mass is 32.1. The molecule has 2 aromatic heterocycles. The highest BCUT2D eigenvalue weighted by Crippen LogP contribution is 2.28. The number of anilines is 1. The zero-order valence-electron chi connectivity index (χ0n) is 13.2. The van der Waals surface area contributed by atoms with Crippen LogP contribution >= 0.6 is 22.7 Å². The van der Waals surface area contributed by atoms with Gasteiger partial charge in [-0.3, -0.25) is 10.1 Å². The van der Waals surface area contributed by atoms with Crippen molar-refractivity contribution in [2.45, 2.75) is 0 Å². The molecule has 0 aliphatic rings. The van der Waals surface area contributed by atoms with Crippen LogP contribution < -0.4 is 5.32 Å². The van der Waals surface area contributed by atoms with Gasteiger partial charge in [-0.25, -0.2) is 4.98 Å². The summed E-state index contributed by atoms with van der Waals surface area (Å²) in [5.41, 5.74) is 4.26. The number of benzene rings is 2. The summed E-state index contributed by atoms with van der Waals surface area (Å²) in [6.07, 6.45) is 0. The van der Waals surface area contributed by atoms with Gasteiger partial charge in [0.15, 0.2) is 5.13 Å². The fraction of sp³-hybridized carbons (Fsp3) is 0. The molecule has 0 unspecified atom stereocenters. The zero-order valence-corrected chi connectivity index (χ0v) is 14.8. The summed E-state index contributed by atoms with van der Waals surface area (Å²) in [6.45, 7) is 0. The van der Waals surface area contributed by atoms with E-state index >= 15 is 0 Å². The minimum absolute atomic E-state index is 0.115. The number of hydrogen-bond acceptors (Lipinski definition) is 4. The van der Waals surface area contributed by atoms with Gasteiger partial charge in [0, 0.05) is 10.9 Å². The Bertz CT molecular complexity index is 974. The quantitative estimate of drug-likeness (QED) is 0.499. The van der Waals surface area contributed by atoms with E-state index in [-0.39, 0.29) is 5.91 Å². The third-order valence-electron chi connectivity index (χ3n) is 3.76. The summed E-state index contributed by atoms with van der Waals surface area (Å²) in [7, 11) is 0. The first-order valence-electron chi connectivity index (χ1n) is 7.76. The number of hydrogen-bond donors (Lipinski definition) is 1. The van der Waals surface area contributed by atoms with Crippen molar-refractivity contribution in [2.75, 3.05) is 5.32 Å². The molecule has 4 rings (SSSR count). The van der Waals surface area contributed by atoms with Gasteiger partial charge in [0.25, 0.3) is 5.91 Å². The van der Waals surface area contributed by atoms with Crippen LogP contribution in [0.5, 0.6) is 0 Å². The Labute approximate surface area is 153 Å². The first-order valence-corrected chi connectivity index (χ1v) is 9.52. The number of amides is 1. The van der Waals surface area contributed by atoms with E-state index in [9.17, 15) is 4.79 Å². The Kier molecular flexibility index (Phi) is 4.41. The molecule has 1 amide bonds. The largest absolute Gasteiger partial charge is 0.297 e. The number of carbonyl (C=O) groups is 1. The van der Waals surface area contributed by atoms with Crippen molar-refractivity contribution >= 4 is 33.7 Å². The Hall–Kier alpha value is -2.76. The second kappa shape index (κ2) is 7.01. The van der Waals surface area contributed by atoms with Crippen molar-refractivity contribution < 1.29 is 4.79 Å². The summed E-state index contributed by atoms with van der Waals surface area (Å²) in [5, 5.41) is 7.31. The minimum Gasteiger partial charge on any atom is -0.297 e. The maximum Gasteiger partial charge on any atom is 0.267 e. The van der Waals surface area contributed by atoms with Crippen molar-refractivity contribution in [3.8, 4) is 22.4 Å². The number of nitrogens with one attached hydrogen (secondary N) is 1. The van der Waals surface area contributed by atoms with Crippen LogP contribution in [-0.4, -0.2) is 10.9 Å². The highest BCUT2D eigenvalue weighted by Gasteiger charge is 2.10. The second-order valence-electron chi connectivity index (χ2n) is 5.41. The number of nitrogens with zero attached hydrogens (tertiary/aromatic N) is 1. The van der Waals surface area contributed by atoms with Crippen LogP contribution in [0.3, 0.4) is 0 Å². The van der Waals surface area contributed by atoms with Gasteiger partial charge in [0.05, 0.1) is 10.6 Å². The molecule has 0 spiro atoms. The third-order valence-corrected chi connectivity index (χ3v) is 5.38. The molecule has 0 saturated carbocycles. The summed E-state index contributed by atoms with van der Waals surface area (Å²) in [4.78, 5) is 17.3. The Balaban J connectivity index is 1.51. The molecule has 0 saturated heterocycles. The fourth-order valence-electron chi connectivity index (χ4n) is 2.49. The average Bonchev–Trinajstić information content (AvgIpc) is 3.35. The molecule has 3 nitrogen and oxygen atoms in total. The zero-order chi connectivity index (χ0) is 17.1. The minimum atomic E-state index is -0.115. The van der Waals surface area contributed by atoms with E-state index in [1.807, 2.05) is 35.0 Å². The van der Waals surface area contributed by atoms with Crippen LogP contribution in [0, 0.1) is 0 Å². The highest BCUT2D eigenvalue weighted by molar-refractivity contribution is 7.14. The van der Waals surface area contributed by atoms with Crippen molar-refractivity contribution in [3.05, 3.63) is 82.4 Å². The van der Waals surface area contributed by atoms with Gasteiger partial charge in [-0.2, -0.15) is 0 Å². The van der Waals surface area contributed by atoms with Gasteiger partial charge >= 0.3 is 0 Å². The lowest BCUT2D eigenvalue weighted by molar-refractivity contribution is 0.103. The molecule has 122 valence electrons. The first kappa shape index (κ1) is 15.7. The van der Waals surface area contributed by atoms with Crippen molar-refractivity contribution in [3.63, 3.8) is 0 Å². The molecule has 4 aromatic rings. The molecule has 0 atom stereocenters. The average molecular weight is 362 g/mol. The molecule has 0 fully saturated rings. The van der Waals surface area contributed by atoms with E-state index in [0.717, 1.165) is 11.3 Å². The van der Waals surface area contributed by atoms with Gasteiger partial charge in [0.2, 0.25) is 0 Å². The molecule has 0 aliphatic heterocycles. The molecule has 25 heavy (non-hydrogen) atoms. The van der Waals surface area contributed by atoms with Crippen LogP contribution in [0.1, 0.15) is 9.67 Å².